The van der Waals surface area contributed by atoms with Gasteiger partial charge in [-0.15, -0.1) is 10.2 Å². The fraction of sp³-hybridized carbons (Fsp3) is 0.0455. The van der Waals surface area contributed by atoms with Crippen molar-refractivity contribution in [1.29, 1.82) is 0 Å². The molecule has 2 aromatic heterocycles. The van der Waals surface area contributed by atoms with E-state index in [1.165, 1.54) is 4.80 Å². The Morgan fingerprint density at radius 1 is 1.00 bits per heavy atom. The SMILES string of the molecule is Cc1ccc(-n2nc3ccc(NC(=O)c4cc5ccccc5o4)cc3n2)cc1Cl. The van der Waals surface area contributed by atoms with Crippen LogP contribution in [0.25, 0.3) is 27.7 Å². The lowest BCUT2D eigenvalue weighted by molar-refractivity contribution is 0.0998. The molecule has 142 valence electrons. The molecule has 0 saturated heterocycles. The Morgan fingerprint density at radius 3 is 2.66 bits per heavy atom. The summed E-state index contributed by atoms with van der Waals surface area (Å²) in [7, 11) is 0. The number of aryl methyl sites for hydroxylation is 1. The molecule has 0 aliphatic carbocycles. The summed E-state index contributed by atoms with van der Waals surface area (Å²) < 4.78 is 5.62. The van der Waals surface area contributed by atoms with Crippen molar-refractivity contribution in [2.24, 2.45) is 0 Å². The Bertz CT molecular complexity index is 1350. The van der Waals surface area contributed by atoms with Gasteiger partial charge in [-0.2, -0.15) is 4.80 Å². The summed E-state index contributed by atoms with van der Waals surface area (Å²) in [6.07, 6.45) is 0. The van der Waals surface area contributed by atoms with E-state index in [1.807, 2.05) is 55.5 Å². The van der Waals surface area contributed by atoms with Crippen molar-refractivity contribution in [1.82, 2.24) is 15.0 Å². The number of hydrogen-bond acceptors (Lipinski definition) is 4. The lowest BCUT2D eigenvalue weighted by Gasteiger charge is -2.02. The summed E-state index contributed by atoms with van der Waals surface area (Å²) in [4.78, 5) is 14.1. The third kappa shape index (κ3) is 3.23. The summed E-state index contributed by atoms with van der Waals surface area (Å²) in [5.41, 5.74) is 4.41. The van der Waals surface area contributed by atoms with Gasteiger partial charge in [-0.05, 0) is 55.0 Å². The van der Waals surface area contributed by atoms with Gasteiger partial charge in [-0.3, -0.25) is 4.79 Å². The van der Waals surface area contributed by atoms with Gasteiger partial charge in [0, 0.05) is 16.1 Å². The maximum absolute atomic E-state index is 12.6. The van der Waals surface area contributed by atoms with Gasteiger partial charge in [-0.25, -0.2) is 0 Å². The summed E-state index contributed by atoms with van der Waals surface area (Å²) in [6.45, 7) is 1.94. The smallest absolute Gasteiger partial charge is 0.291 e. The number of aromatic nitrogens is 3. The third-order valence-electron chi connectivity index (χ3n) is 4.67. The number of carbonyl (C=O) groups excluding carboxylic acids is 1. The number of halogens is 1. The van der Waals surface area contributed by atoms with Gasteiger partial charge < -0.3 is 9.73 Å². The molecule has 0 atom stereocenters. The number of hydrogen-bond donors (Lipinski definition) is 1. The molecule has 0 fully saturated rings. The molecule has 7 heteroatoms. The monoisotopic (exact) mass is 402 g/mol. The molecule has 2 heterocycles. The highest BCUT2D eigenvalue weighted by Gasteiger charge is 2.13. The number of carbonyl (C=O) groups is 1. The number of furan rings is 1. The van der Waals surface area contributed by atoms with Crippen molar-refractivity contribution >= 4 is 45.2 Å². The average molecular weight is 403 g/mol. The molecule has 0 aliphatic heterocycles. The largest absolute Gasteiger partial charge is 0.451 e. The second-order valence-corrected chi connectivity index (χ2v) is 7.14. The van der Waals surface area contributed by atoms with E-state index in [2.05, 4.69) is 15.5 Å². The summed E-state index contributed by atoms with van der Waals surface area (Å²) in [5, 5.41) is 13.4. The molecule has 3 aromatic carbocycles. The van der Waals surface area contributed by atoms with Gasteiger partial charge in [0.2, 0.25) is 0 Å². The minimum absolute atomic E-state index is 0.254. The van der Waals surface area contributed by atoms with Gasteiger partial charge in [0.1, 0.15) is 16.6 Å². The van der Waals surface area contributed by atoms with Crippen molar-refractivity contribution in [3.05, 3.63) is 83.1 Å². The predicted molar refractivity (Wildman–Crippen MR) is 113 cm³/mol. The van der Waals surface area contributed by atoms with Gasteiger partial charge in [-0.1, -0.05) is 35.9 Å². The minimum atomic E-state index is -0.321. The van der Waals surface area contributed by atoms with E-state index in [1.54, 1.807) is 18.2 Å². The molecule has 0 unspecified atom stereocenters. The van der Waals surface area contributed by atoms with Gasteiger partial charge >= 0.3 is 0 Å². The van der Waals surface area contributed by atoms with E-state index in [0.29, 0.717) is 27.3 Å². The topological polar surface area (TPSA) is 73.0 Å². The first-order valence-corrected chi connectivity index (χ1v) is 9.38. The maximum atomic E-state index is 12.6. The Balaban J connectivity index is 1.43. The van der Waals surface area contributed by atoms with Crippen LogP contribution in [0.3, 0.4) is 0 Å². The van der Waals surface area contributed by atoms with Crippen LogP contribution in [-0.4, -0.2) is 20.9 Å². The third-order valence-corrected chi connectivity index (χ3v) is 5.08. The minimum Gasteiger partial charge on any atom is -0.451 e. The summed E-state index contributed by atoms with van der Waals surface area (Å²) in [6, 6.07) is 20.2. The zero-order chi connectivity index (χ0) is 20.0. The van der Waals surface area contributed by atoms with Crippen molar-refractivity contribution in [2.75, 3.05) is 5.32 Å². The zero-order valence-corrected chi connectivity index (χ0v) is 16.1. The molecule has 5 rings (SSSR count). The van der Waals surface area contributed by atoms with E-state index in [4.69, 9.17) is 16.0 Å². The number of nitrogens with one attached hydrogen (secondary N) is 1. The highest BCUT2D eigenvalue weighted by atomic mass is 35.5. The second kappa shape index (κ2) is 6.76. The van der Waals surface area contributed by atoms with Crippen LogP contribution in [-0.2, 0) is 0 Å². The van der Waals surface area contributed by atoms with E-state index < -0.39 is 0 Å². The lowest BCUT2D eigenvalue weighted by Crippen LogP contribution is -2.10. The first-order chi connectivity index (χ1) is 14.1. The van der Waals surface area contributed by atoms with E-state index in [0.717, 1.165) is 16.6 Å². The Morgan fingerprint density at radius 2 is 1.83 bits per heavy atom. The molecular formula is C22H15ClN4O2. The molecule has 5 aromatic rings. The standard InChI is InChI=1S/C22H15ClN4O2/c1-13-6-8-16(12-17(13)23)27-25-18-9-7-15(11-19(18)26-27)24-22(28)21-10-14-4-2-3-5-20(14)29-21/h2-12H,1H3,(H,24,28). The van der Waals surface area contributed by atoms with Crippen LogP contribution in [0.5, 0.6) is 0 Å². The van der Waals surface area contributed by atoms with Crippen molar-refractivity contribution in [3.63, 3.8) is 0 Å². The predicted octanol–water partition coefficient (Wildman–Crippen LogP) is 5.38. The zero-order valence-electron chi connectivity index (χ0n) is 15.4. The fourth-order valence-electron chi connectivity index (χ4n) is 3.10. The molecule has 0 saturated carbocycles. The normalized spacial score (nSPS) is 11.2. The van der Waals surface area contributed by atoms with Crippen molar-refractivity contribution < 1.29 is 9.21 Å². The second-order valence-electron chi connectivity index (χ2n) is 6.73. The summed E-state index contributed by atoms with van der Waals surface area (Å²) >= 11 is 6.21. The van der Waals surface area contributed by atoms with Crippen LogP contribution < -0.4 is 5.32 Å². The molecule has 6 nitrogen and oxygen atoms in total. The quantitative estimate of drug-likeness (QED) is 0.439. The first-order valence-electron chi connectivity index (χ1n) is 9.00. The highest BCUT2D eigenvalue weighted by Crippen LogP contribution is 2.23. The number of nitrogens with zero attached hydrogens (tertiary/aromatic N) is 3. The number of benzene rings is 3. The molecule has 29 heavy (non-hydrogen) atoms. The van der Waals surface area contributed by atoms with Gasteiger partial charge in [0.15, 0.2) is 5.76 Å². The Labute approximate surface area is 170 Å². The molecule has 1 N–H and O–H groups in total. The summed E-state index contributed by atoms with van der Waals surface area (Å²) in [5.74, 6) is -0.0671. The van der Waals surface area contributed by atoms with E-state index >= 15 is 0 Å². The van der Waals surface area contributed by atoms with Crippen LogP contribution >= 0.6 is 11.6 Å². The van der Waals surface area contributed by atoms with Crippen LogP contribution in [0, 0.1) is 6.92 Å². The van der Waals surface area contributed by atoms with Crippen molar-refractivity contribution in [3.8, 4) is 5.69 Å². The first kappa shape index (κ1) is 17.5. The molecule has 0 bridgehead atoms. The average Bonchev–Trinajstić information content (AvgIpc) is 3.33. The van der Waals surface area contributed by atoms with E-state index in [9.17, 15) is 4.79 Å². The molecule has 0 aliphatic rings. The highest BCUT2D eigenvalue weighted by molar-refractivity contribution is 6.31. The molecule has 1 amide bonds. The molecular weight excluding hydrogens is 388 g/mol. The van der Waals surface area contributed by atoms with E-state index in [-0.39, 0.29) is 11.7 Å². The van der Waals surface area contributed by atoms with Crippen LogP contribution in [0.15, 0.2) is 71.1 Å². The van der Waals surface area contributed by atoms with Crippen LogP contribution in [0.2, 0.25) is 5.02 Å². The lowest BCUT2D eigenvalue weighted by atomic mass is 10.2. The molecule has 0 spiro atoms. The van der Waals surface area contributed by atoms with Crippen LogP contribution in [0.4, 0.5) is 5.69 Å². The Hall–Kier alpha value is -3.64. The number of anilines is 1. The van der Waals surface area contributed by atoms with Gasteiger partial charge in [0.05, 0.1) is 5.69 Å². The Kier molecular flexibility index (Phi) is 4.07. The number of para-hydroxylation sites is 1. The maximum Gasteiger partial charge on any atom is 0.291 e. The number of fused-ring (bicyclic) bond motifs is 2. The fourth-order valence-corrected chi connectivity index (χ4v) is 3.28. The van der Waals surface area contributed by atoms with Crippen LogP contribution in [0.1, 0.15) is 16.1 Å². The molecule has 0 radical (unpaired) electrons. The van der Waals surface area contributed by atoms with Crippen molar-refractivity contribution in [2.45, 2.75) is 6.92 Å². The van der Waals surface area contributed by atoms with Gasteiger partial charge in [0.25, 0.3) is 5.91 Å². The number of rotatable bonds is 3. The number of amides is 1.